The molecule has 0 unspecified atom stereocenters. The smallest absolute Gasteiger partial charge is 0.422 e. The molecule has 0 aliphatic heterocycles. The van der Waals surface area contributed by atoms with E-state index in [1.54, 1.807) is 0 Å². The third-order valence-corrected chi connectivity index (χ3v) is 3.27. The molecule has 0 radical (unpaired) electrons. The molecule has 0 aliphatic rings. The van der Waals surface area contributed by atoms with Crippen LogP contribution in [0.1, 0.15) is 5.56 Å². The molecule has 0 spiro atoms. The molecular weight excluding hydrogens is 369 g/mol. The summed E-state index contributed by atoms with van der Waals surface area (Å²) in [5.41, 5.74) is -0.711. The standard InChI is InChI=1S/C16H15F3N4O4/c1-22-8-10(14(25)23(2)15(22)26)3-5-12(24)21-11-4-6-13(20-7-11)27-9-16(17,18)19/h3-8H,9H2,1-2H3,(H,21,24). The van der Waals surface area contributed by atoms with Crippen molar-refractivity contribution in [3.05, 3.63) is 57.0 Å². The van der Waals surface area contributed by atoms with Crippen LogP contribution in [0.25, 0.3) is 6.08 Å². The van der Waals surface area contributed by atoms with Crippen molar-refractivity contribution in [3.8, 4) is 5.88 Å². The van der Waals surface area contributed by atoms with Gasteiger partial charge in [0.05, 0.1) is 17.4 Å². The molecule has 2 aromatic heterocycles. The highest BCUT2D eigenvalue weighted by Gasteiger charge is 2.28. The zero-order valence-electron chi connectivity index (χ0n) is 14.3. The van der Waals surface area contributed by atoms with E-state index in [1.165, 1.54) is 43.1 Å². The van der Waals surface area contributed by atoms with Gasteiger partial charge in [0, 0.05) is 32.4 Å². The number of amides is 1. The number of alkyl halides is 3. The molecule has 2 heterocycles. The second-order valence-electron chi connectivity index (χ2n) is 5.45. The van der Waals surface area contributed by atoms with Gasteiger partial charge in [0.2, 0.25) is 11.8 Å². The van der Waals surface area contributed by atoms with Crippen molar-refractivity contribution in [1.29, 1.82) is 0 Å². The molecule has 1 amide bonds. The molecule has 0 fully saturated rings. The summed E-state index contributed by atoms with van der Waals surface area (Å²) in [4.78, 5) is 39.1. The number of rotatable bonds is 5. The Morgan fingerprint density at radius 3 is 2.59 bits per heavy atom. The Morgan fingerprint density at radius 1 is 1.30 bits per heavy atom. The van der Waals surface area contributed by atoms with E-state index in [2.05, 4.69) is 15.0 Å². The Balaban J connectivity index is 2.03. The van der Waals surface area contributed by atoms with E-state index < -0.39 is 29.9 Å². The molecule has 0 atom stereocenters. The fourth-order valence-electron chi connectivity index (χ4n) is 2.00. The first kappa shape index (κ1) is 19.9. The first-order valence-electron chi connectivity index (χ1n) is 7.48. The molecule has 27 heavy (non-hydrogen) atoms. The van der Waals surface area contributed by atoms with Gasteiger partial charge in [-0.15, -0.1) is 0 Å². The average Bonchev–Trinajstić information content (AvgIpc) is 2.60. The van der Waals surface area contributed by atoms with Crippen LogP contribution in [0.3, 0.4) is 0 Å². The highest BCUT2D eigenvalue weighted by molar-refractivity contribution is 6.01. The zero-order chi connectivity index (χ0) is 20.2. The van der Waals surface area contributed by atoms with Gasteiger partial charge in [0.1, 0.15) is 0 Å². The molecule has 2 rings (SSSR count). The van der Waals surface area contributed by atoms with Gasteiger partial charge in [0.25, 0.3) is 5.56 Å². The van der Waals surface area contributed by atoms with Crippen molar-refractivity contribution in [3.63, 3.8) is 0 Å². The average molecular weight is 384 g/mol. The van der Waals surface area contributed by atoms with Crippen LogP contribution >= 0.6 is 0 Å². The van der Waals surface area contributed by atoms with E-state index in [9.17, 15) is 27.6 Å². The van der Waals surface area contributed by atoms with Crippen molar-refractivity contribution in [1.82, 2.24) is 14.1 Å². The largest absolute Gasteiger partial charge is 0.468 e. The van der Waals surface area contributed by atoms with Crippen molar-refractivity contribution in [2.24, 2.45) is 14.1 Å². The number of nitrogens with zero attached hydrogens (tertiary/aromatic N) is 3. The van der Waals surface area contributed by atoms with Crippen molar-refractivity contribution < 1.29 is 22.7 Å². The molecule has 1 N–H and O–H groups in total. The van der Waals surface area contributed by atoms with E-state index in [1.807, 2.05) is 0 Å². The van der Waals surface area contributed by atoms with E-state index in [0.29, 0.717) is 0 Å². The van der Waals surface area contributed by atoms with Gasteiger partial charge in [-0.2, -0.15) is 13.2 Å². The van der Waals surface area contributed by atoms with Gasteiger partial charge in [-0.3, -0.25) is 14.2 Å². The van der Waals surface area contributed by atoms with Crippen LogP contribution in [-0.4, -0.2) is 32.8 Å². The number of ether oxygens (including phenoxy) is 1. The first-order valence-corrected chi connectivity index (χ1v) is 7.48. The maximum absolute atomic E-state index is 12.1. The topological polar surface area (TPSA) is 95.2 Å². The van der Waals surface area contributed by atoms with Gasteiger partial charge >= 0.3 is 11.9 Å². The Kier molecular flexibility index (Phi) is 5.83. The van der Waals surface area contributed by atoms with Gasteiger partial charge in [-0.1, -0.05) is 0 Å². The van der Waals surface area contributed by atoms with E-state index in [-0.39, 0.29) is 17.1 Å². The normalized spacial score (nSPS) is 11.6. The summed E-state index contributed by atoms with van der Waals surface area (Å²) in [6.07, 6.45) is 0.267. The fraction of sp³-hybridized carbons (Fsp3) is 0.250. The number of aromatic nitrogens is 3. The molecule has 0 aromatic carbocycles. The molecule has 11 heteroatoms. The Bertz CT molecular complexity index is 975. The third kappa shape index (κ3) is 5.56. The molecule has 0 saturated heterocycles. The number of hydrogen-bond donors (Lipinski definition) is 1. The maximum Gasteiger partial charge on any atom is 0.422 e. The number of pyridine rings is 1. The fourth-order valence-corrected chi connectivity index (χ4v) is 2.00. The Labute approximate surface area is 150 Å². The van der Waals surface area contributed by atoms with Gasteiger partial charge in [-0.05, 0) is 12.1 Å². The quantitative estimate of drug-likeness (QED) is 0.779. The Hall–Kier alpha value is -3.37. The van der Waals surface area contributed by atoms with Gasteiger partial charge in [-0.25, -0.2) is 9.78 Å². The highest BCUT2D eigenvalue weighted by atomic mass is 19.4. The molecule has 0 saturated carbocycles. The number of hydrogen-bond acceptors (Lipinski definition) is 5. The Morgan fingerprint density at radius 2 is 2.00 bits per heavy atom. The second kappa shape index (κ2) is 7.89. The third-order valence-electron chi connectivity index (χ3n) is 3.27. The molecular formula is C16H15F3N4O4. The monoisotopic (exact) mass is 384 g/mol. The number of nitrogens with one attached hydrogen (secondary N) is 1. The first-order chi connectivity index (χ1) is 12.6. The number of carbonyl (C=O) groups is 1. The maximum atomic E-state index is 12.1. The molecule has 8 nitrogen and oxygen atoms in total. The summed E-state index contributed by atoms with van der Waals surface area (Å²) >= 11 is 0. The number of aryl methyl sites for hydroxylation is 1. The van der Waals surface area contributed by atoms with Crippen LogP contribution < -0.4 is 21.3 Å². The summed E-state index contributed by atoms with van der Waals surface area (Å²) in [5.74, 6) is -0.841. The molecule has 2 aromatic rings. The minimum absolute atomic E-state index is 0.128. The van der Waals surface area contributed by atoms with Crippen LogP contribution in [0.4, 0.5) is 18.9 Å². The summed E-state index contributed by atoms with van der Waals surface area (Å²) in [7, 11) is 2.78. The highest BCUT2D eigenvalue weighted by Crippen LogP contribution is 2.18. The van der Waals surface area contributed by atoms with Crippen molar-refractivity contribution in [2.75, 3.05) is 11.9 Å². The molecule has 144 valence electrons. The van der Waals surface area contributed by atoms with Crippen LogP contribution in [-0.2, 0) is 18.9 Å². The predicted molar refractivity (Wildman–Crippen MR) is 90.4 cm³/mol. The van der Waals surface area contributed by atoms with Crippen LogP contribution in [0.2, 0.25) is 0 Å². The van der Waals surface area contributed by atoms with Crippen LogP contribution in [0, 0.1) is 0 Å². The van der Waals surface area contributed by atoms with Crippen LogP contribution in [0.5, 0.6) is 5.88 Å². The van der Waals surface area contributed by atoms with Crippen LogP contribution in [0.15, 0.2) is 40.2 Å². The lowest BCUT2D eigenvalue weighted by Gasteiger charge is -2.08. The number of carbonyl (C=O) groups excluding carboxylic acids is 1. The molecule has 0 aliphatic carbocycles. The molecule has 0 bridgehead atoms. The number of halogens is 3. The van der Waals surface area contributed by atoms with E-state index in [4.69, 9.17) is 0 Å². The number of anilines is 1. The van der Waals surface area contributed by atoms with Crippen molar-refractivity contribution in [2.45, 2.75) is 6.18 Å². The minimum atomic E-state index is -4.47. The van der Waals surface area contributed by atoms with E-state index >= 15 is 0 Å². The lowest BCUT2D eigenvalue weighted by atomic mass is 10.3. The zero-order valence-corrected chi connectivity index (χ0v) is 14.3. The summed E-state index contributed by atoms with van der Waals surface area (Å²) in [6, 6.07) is 2.49. The SMILES string of the molecule is Cn1cc(C=CC(=O)Nc2ccc(OCC(F)(F)F)nc2)c(=O)n(C)c1=O. The van der Waals surface area contributed by atoms with Gasteiger partial charge < -0.3 is 14.6 Å². The summed E-state index contributed by atoms with van der Waals surface area (Å²) in [5, 5.41) is 2.43. The van der Waals surface area contributed by atoms with Crippen molar-refractivity contribution >= 4 is 17.7 Å². The lowest BCUT2D eigenvalue weighted by molar-refractivity contribution is -0.154. The second-order valence-corrected chi connectivity index (χ2v) is 5.45. The summed E-state index contributed by atoms with van der Waals surface area (Å²) < 4.78 is 42.7. The minimum Gasteiger partial charge on any atom is -0.468 e. The lowest BCUT2D eigenvalue weighted by Crippen LogP contribution is -2.37. The van der Waals surface area contributed by atoms with E-state index in [0.717, 1.165) is 16.8 Å². The predicted octanol–water partition coefficient (Wildman–Crippen LogP) is 1.07. The van der Waals surface area contributed by atoms with Gasteiger partial charge in [0.15, 0.2) is 6.61 Å². The summed E-state index contributed by atoms with van der Waals surface area (Å²) in [6.45, 7) is -1.47.